The van der Waals surface area contributed by atoms with E-state index in [0.29, 0.717) is 22.4 Å². The third-order valence-electron chi connectivity index (χ3n) is 3.22. The van der Waals surface area contributed by atoms with Crippen molar-refractivity contribution >= 4 is 35.2 Å². The van der Waals surface area contributed by atoms with E-state index in [1.54, 1.807) is 24.7 Å². The Morgan fingerprint density at radius 2 is 1.96 bits per heavy atom. The monoisotopic (exact) mass is 344 g/mol. The smallest absolute Gasteiger partial charge is 0.145 e. The highest BCUT2D eigenvalue weighted by Crippen LogP contribution is 2.29. The molecule has 0 bridgehead atoms. The molecule has 1 aromatic heterocycles. The van der Waals surface area contributed by atoms with Gasteiger partial charge in [-0.2, -0.15) is 0 Å². The summed E-state index contributed by atoms with van der Waals surface area (Å²) < 4.78 is 7.80. The minimum Gasteiger partial charge on any atom is -0.487 e. The second kappa shape index (κ2) is 7.36. The quantitative estimate of drug-likeness (QED) is 0.582. The van der Waals surface area contributed by atoms with Crippen LogP contribution in [0.1, 0.15) is 11.1 Å². The van der Waals surface area contributed by atoms with E-state index in [2.05, 4.69) is 4.98 Å². The highest BCUT2D eigenvalue weighted by atomic mass is 35.5. The maximum Gasteiger partial charge on any atom is 0.145 e. The van der Waals surface area contributed by atoms with Gasteiger partial charge in [0.2, 0.25) is 0 Å². The van der Waals surface area contributed by atoms with Crippen LogP contribution in [-0.4, -0.2) is 9.55 Å². The molecule has 0 saturated heterocycles. The molecule has 23 heavy (non-hydrogen) atoms. The van der Waals surface area contributed by atoms with Gasteiger partial charge in [0.15, 0.2) is 0 Å². The zero-order valence-electron chi connectivity index (χ0n) is 12.2. The molecule has 3 aromatic rings. The molecule has 116 valence electrons. The maximum absolute atomic E-state index is 6.32. The topological polar surface area (TPSA) is 27.1 Å². The largest absolute Gasteiger partial charge is 0.487 e. The maximum atomic E-state index is 6.32. The number of hydrogen-bond donors (Lipinski definition) is 0. The fourth-order valence-corrected chi connectivity index (χ4v) is 2.59. The van der Waals surface area contributed by atoms with Crippen LogP contribution in [0, 0.1) is 0 Å². The van der Waals surface area contributed by atoms with Crippen molar-refractivity contribution in [3.05, 3.63) is 88.4 Å². The SMILES string of the molecule is Clc1ccc(C(=Cn2ccnc2)OCc2ccccc2)c(Cl)c1. The third-order valence-corrected chi connectivity index (χ3v) is 3.77. The first kappa shape index (κ1) is 15.7. The second-order valence-corrected chi connectivity index (χ2v) is 5.75. The van der Waals surface area contributed by atoms with Crippen LogP contribution in [0.5, 0.6) is 0 Å². The molecule has 0 unspecified atom stereocenters. The van der Waals surface area contributed by atoms with Gasteiger partial charge >= 0.3 is 0 Å². The molecule has 3 nitrogen and oxygen atoms in total. The summed E-state index contributed by atoms with van der Waals surface area (Å²) in [6, 6.07) is 15.3. The number of hydrogen-bond acceptors (Lipinski definition) is 2. The van der Waals surface area contributed by atoms with E-state index in [0.717, 1.165) is 11.1 Å². The van der Waals surface area contributed by atoms with Crippen molar-refractivity contribution in [3.63, 3.8) is 0 Å². The summed E-state index contributed by atoms with van der Waals surface area (Å²) in [6.45, 7) is 0.445. The van der Waals surface area contributed by atoms with Crippen LogP contribution < -0.4 is 0 Å². The number of imidazole rings is 1. The lowest BCUT2D eigenvalue weighted by Gasteiger charge is -2.13. The van der Waals surface area contributed by atoms with Gasteiger partial charge in [0.05, 0.1) is 17.5 Å². The molecule has 0 radical (unpaired) electrons. The molecule has 0 aliphatic heterocycles. The highest BCUT2D eigenvalue weighted by molar-refractivity contribution is 6.35. The van der Waals surface area contributed by atoms with Crippen LogP contribution in [0.25, 0.3) is 12.0 Å². The van der Waals surface area contributed by atoms with Gasteiger partial charge in [-0.05, 0) is 23.8 Å². The average molecular weight is 345 g/mol. The number of aromatic nitrogens is 2. The second-order valence-electron chi connectivity index (χ2n) is 4.90. The van der Waals surface area contributed by atoms with Gasteiger partial charge in [0.1, 0.15) is 12.4 Å². The van der Waals surface area contributed by atoms with Crippen molar-refractivity contribution in [2.45, 2.75) is 6.61 Å². The molecule has 2 aromatic carbocycles. The molecule has 0 aliphatic rings. The van der Waals surface area contributed by atoms with E-state index in [1.165, 1.54) is 0 Å². The molecule has 3 rings (SSSR count). The first-order valence-electron chi connectivity index (χ1n) is 7.04. The van der Waals surface area contributed by atoms with Crippen molar-refractivity contribution in [1.82, 2.24) is 9.55 Å². The summed E-state index contributed by atoms with van der Waals surface area (Å²) in [5.41, 5.74) is 1.86. The van der Waals surface area contributed by atoms with E-state index in [-0.39, 0.29) is 0 Å². The molecular formula is C18H14Cl2N2O. The van der Waals surface area contributed by atoms with Gasteiger partial charge in [-0.25, -0.2) is 4.98 Å². The van der Waals surface area contributed by atoms with Crippen LogP contribution in [-0.2, 0) is 11.3 Å². The van der Waals surface area contributed by atoms with Crippen molar-refractivity contribution < 1.29 is 4.74 Å². The molecule has 5 heteroatoms. The fraction of sp³-hybridized carbons (Fsp3) is 0.0556. The van der Waals surface area contributed by atoms with E-state index >= 15 is 0 Å². The zero-order chi connectivity index (χ0) is 16.1. The van der Waals surface area contributed by atoms with Gasteiger partial charge in [0.25, 0.3) is 0 Å². The summed E-state index contributed by atoms with van der Waals surface area (Å²) in [6.07, 6.45) is 7.06. The van der Waals surface area contributed by atoms with Crippen molar-refractivity contribution in [1.29, 1.82) is 0 Å². The Labute approximate surface area is 144 Å². The molecule has 0 aliphatic carbocycles. The fourth-order valence-electron chi connectivity index (χ4n) is 2.09. The highest BCUT2D eigenvalue weighted by Gasteiger charge is 2.10. The Morgan fingerprint density at radius 3 is 2.65 bits per heavy atom. The van der Waals surface area contributed by atoms with Gasteiger partial charge in [-0.3, -0.25) is 0 Å². The first-order valence-corrected chi connectivity index (χ1v) is 7.79. The molecule has 0 atom stereocenters. The van der Waals surface area contributed by atoms with Gasteiger partial charge in [0, 0.05) is 23.0 Å². The van der Waals surface area contributed by atoms with E-state index < -0.39 is 0 Å². The lowest BCUT2D eigenvalue weighted by Crippen LogP contribution is -1.97. The van der Waals surface area contributed by atoms with Crippen molar-refractivity contribution in [3.8, 4) is 0 Å². The normalized spacial score (nSPS) is 11.5. The number of halogens is 2. The van der Waals surface area contributed by atoms with E-state index in [9.17, 15) is 0 Å². The van der Waals surface area contributed by atoms with Crippen molar-refractivity contribution in [2.75, 3.05) is 0 Å². The predicted molar refractivity (Wildman–Crippen MR) is 94.1 cm³/mol. The number of nitrogens with zero attached hydrogens (tertiary/aromatic N) is 2. The van der Waals surface area contributed by atoms with Crippen LogP contribution in [0.4, 0.5) is 0 Å². The van der Waals surface area contributed by atoms with Gasteiger partial charge in [-0.1, -0.05) is 53.5 Å². The third kappa shape index (κ3) is 4.15. The van der Waals surface area contributed by atoms with Crippen LogP contribution in [0.3, 0.4) is 0 Å². The summed E-state index contributed by atoms with van der Waals surface area (Å²) in [5, 5.41) is 1.13. The Balaban J connectivity index is 1.90. The molecule has 0 N–H and O–H groups in total. The number of benzene rings is 2. The lowest BCUT2D eigenvalue weighted by molar-refractivity contribution is 0.265. The molecule has 0 saturated carbocycles. The number of ether oxygens (including phenoxy) is 1. The van der Waals surface area contributed by atoms with Gasteiger partial charge < -0.3 is 9.30 Å². The van der Waals surface area contributed by atoms with Crippen LogP contribution >= 0.6 is 23.2 Å². The van der Waals surface area contributed by atoms with Gasteiger partial charge in [-0.15, -0.1) is 0 Å². The summed E-state index contributed by atoms with van der Waals surface area (Å²) in [5.74, 6) is 0.647. The summed E-state index contributed by atoms with van der Waals surface area (Å²) in [4.78, 5) is 4.03. The molecule has 0 spiro atoms. The molecule has 0 amide bonds. The molecule has 1 heterocycles. The van der Waals surface area contributed by atoms with Crippen LogP contribution in [0.2, 0.25) is 10.0 Å². The Morgan fingerprint density at radius 1 is 1.13 bits per heavy atom. The zero-order valence-corrected chi connectivity index (χ0v) is 13.7. The minimum absolute atomic E-state index is 0.445. The number of rotatable bonds is 5. The lowest BCUT2D eigenvalue weighted by atomic mass is 10.2. The molecular weight excluding hydrogens is 331 g/mol. The van der Waals surface area contributed by atoms with Crippen molar-refractivity contribution in [2.24, 2.45) is 0 Å². The van der Waals surface area contributed by atoms with E-state index in [4.69, 9.17) is 27.9 Å². The summed E-state index contributed by atoms with van der Waals surface area (Å²) in [7, 11) is 0. The molecule has 0 fully saturated rings. The Bertz CT molecular complexity index is 799. The van der Waals surface area contributed by atoms with Crippen LogP contribution in [0.15, 0.2) is 67.3 Å². The Hall–Kier alpha value is -2.23. The average Bonchev–Trinajstić information content (AvgIpc) is 3.06. The standard InChI is InChI=1S/C18H14Cl2N2O/c19-15-6-7-16(17(20)10-15)18(11-22-9-8-21-13-22)23-12-14-4-2-1-3-5-14/h1-11,13H,12H2. The predicted octanol–water partition coefficient (Wildman–Crippen LogP) is 5.36. The van der Waals surface area contributed by atoms with E-state index in [1.807, 2.05) is 53.4 Å². The first-order chi connectivity index (χ1) is 11.2. The Kier molecular flexibility index (Phi) is 5.01. The minimum atomic E-state index is 0.445. The summed E-state index contributed by atoms with van der Waals surface area (Å²) >= 11 is 12.3.